The van der Waals surface area contributed by atoms with E-state index in [1.165, 1.54) is 6.92 Å². The van der Waals surface area contributed by atoms with Gasteiger partial charge >= 0.3 is 12.0 Å². The molecular weight excluding hydrogens is 636 g/mol. The molecule has 1 aromatic rings. The molecular formula is C30H46N6O10S. The second-order valence-electron chi connectivity index (χ2n) is 9.98. The molecule has 0 radical (unpaired) electrons. The van der Waals surface area contributed by atoms with Crippen LogP contribution in [0, 0.1) is 5.92 Å². The number of hydrogen-bond acceptors (Lipinski definition) is 9. The third-order valence-corrected chi connectivity index (χ3v) is 6.89. The van der Waals surface area contributed by atoms with Gasteiger partial charge in [0, 0.05) is 37.9 Å². The van der Waals surface area contributed by atoms with E-state index in [0.29, 0.717) is 12.2 Å². The molecule has 7 N–H and O–H groups in total. The molecule has 262 valence electrons. The minimum atomic E-state index is -2.64. The first-order chi connectivity index (χ1) is 22.2. The van der Waals surface area contributed by atoms with Gasteiger partial charge in [-0.05, 0) is 36.5 Å². The second-order valence-corrected chi connectivity index (χ2v) is 11.1. The van der Waals surface area contributed by atoms with Crippen molar-refractivity contribution in [2.45, 2.75) is 72.3 Å². The average Bonchev–Trinajstić information content (AvgIpc) is 3.34. The molecule has 17 heteroatoms. The van der Waals surface area contributed by atoms with Crippen molar-refractivity contribution in [1.29, 1.82) is 0 Å². The van der Waals surface area contributed by atoms with Crippen LogP contribution in [0.4, 0.5) is 10.5 Å². The predicted molar refractivity (Wildman–Crippen MR) is 175 cm³/mol. The van der Waals surface area contributed by atoms with E-state index in [-0.39, 0.29) is 19.6 Å². The van der Waals surface area contributed by atoms with Crippen LogP contribution in [0.1, 0.15) is 59.9 Å². The van der Waals surface area contributed by atoms with Gasteiger partial charge in [-0.25, -0.2) is 9.00 Å². The van der Waals surface area contributed by atoms with Crippen LogP contribution < -0.4 is 27.0 Å². The summed E-state index contributed by atoms with van der Waals surface area (Å²) in [5, 5.41) is 8.37. The van der Waals surface area contributed by atoms with Crippen LogP contribution >= 0.6 is 0 Å². The highest BCUT2D eigenvalue weighted by Gasteiger charge is 2.33. The molecule has 0 aromatic heterocycles. The van der Waals surface area contributed by atoms with Gasteiger partial charge in [-0.2, -0.15) is 0 Å². The summed E-state index contributed by atoms with van der Waals surface area (Å²) >= 11 is -2.64. The minimum Gasteiger partial charge on any atom is -0.461 e. The number of ether oxygens (including phenoxy) is 1. The van der Waals surface area contributed by atoms with Gasteiger partial charge in [0.1, 0.15) is 17.9 Å². The summed E-state index contributed by atoms with van der Waals surface area (Å²) in [6.45, 7) is 10.7. The van der Waals surface area contributed by atoms with Crippen LogP contribution in [0.15, 0.2) is 36.4 Å². The first kappa shape index (κ1) is 42.4. The predicted octanol–water partition coefficient (Wildman–Crippen LogP) is 0.942. The van der Waals surface area contributed by atoms with E-state index in [4.69, 9.17) is 10.5 Å². The van der Waals surface area contributed by atoms with Gasteiger partial charge < -0.3 is 36.3 Å². The van der Waals surface area contributed by atoms with Gasteiger partial charge in [0.05, 0.1) is 6.54 Å². The molecule has 47 heavy (non-hydrogen) atoms. The van der Waals surface area contributed by atoms with Crippen LogP contribution in [0.5, 0.6) is 0 Å². The Morgan fingerprint density at radius 2 is 1.55 bits per heavy atom. The van der Waals surface area contributed by atoms with Gasteiger partial charge in [-0.15, -0.1) is 0 Å². The zero-order valence-electron chi connectivity index (χ0n) is 27.5. The lowest BCUT2D eigenvalue weighted by molar-refractivity contribution is -0.142. The lowest BCUT2D eigenvalue weighted by Crippen LogP contribution is -2.54. The maximum Gasteiger partial charge on any atom is 0.312 e. The molecule has 3 atom stereocenters. The zero-order chi connectivity index (χ0) is 36.1. The molecule has 1 aliphatic heterocycles. The summed E-state index contributed by atoms with van der Waals surface area (Å²) in [6, 6.07) is 4.96. The smallest absolute Gasteiger partial charge is 0.312 e. The zero-order valence-corrected chi connectivity index (χ0v) is 28.3. The Bertz CT molecular complexity index is 1270. The van der Waals surface area contributed by atoms with Gasteiger partial charge in [0.15, 0.2) is 11.1 Å². The molecule has 0 aliphatic carbocycles. The average molecular weight is 683 g/mol. The lowest BCUT2D eigenvalue weighted by Gasteiger charge is -2.24. The van der Waals surface area contributed by atoms with Gasteiger partial charge in [-0.3, -0.25) is 33.7 Å². The van der Waals surface area contributed by atoms with Crippen molar-refractivity contribution >= 4 is 58.3 Å². The summed E-state index contributed by atoms with van der Waals surface area (Å²) < 4.78 is 26.3. The number of nitrogens with one attached hydrogen (secondary N) is 4. The van der Waals surface area contributed by atoms with Crippen molar-refractivity contribution < 1.29 is 47.1 Å². The summed E-state index contributed by atoms with van der Waals surface area (Å²) in [7, 11) is 0. The van der Waals surface area contributed by atoms with E-state index in [1.807, 2.05) is 20.8 Å². The SMILES string of the molecule is CC.CC(=O)OCc1ccc(NC(=O)CNC(=O)C(NC(=O)C(CCN2C(=O)C=CC2=O)S(=O)O)C(C)C)cc1.CCCNC(N)=O. The normalized spacial score (nSPS) is 13.6. The fourth-order valence-corrected chi connectivity index (χ4v) is 4.16. The molecule has 0 fully saturated rings. The molecule has 0 bridgehead atoms. The van der Waals surface area contributed by atoms with Crippen LogP contribution in [0.3, 0.4) is 0 Å². The lowest BCUT2D eigenvalue weighted by atomic mass is 10.0. The Hall–Kier alpha value is -4.64. The van der Waals surface area contributed by atoms with E-state index in [0.717, 1.165) is 29.0 Å². The molecule has 0 saturated heterocycles. The summed E-state index contributed by atoms with van der Waals surface area (Å²) in [5.74, 6) is -4.17. The number of imide groups is 1. The van der Waals surface area contributed by atoms with Crippen molar-refractivity contribution in [3.05, 3.63) is 42.0 Å². The fraction of sp³-hybridized carbons (Fsp3) is 0.500. The Morgan fingerprint density at radius 1 is 0.979 bits per heavy atom. The molecule has 7 amide bonds. The molecule has 16 nitrogen and oxygen atoms in total. The fourth-order valence-electron chi connectivity index (χ4n) is 3.60. The number of benzene rings is 1. The van der Waals surface area contributed by atoms with Crippen molar-refractivity contribution in [2.75, 3.05) is 25.0 Å². The summed E-state index contributed by atoms with van der Waals surface area (Å²) in [4.78, 5) is 82.6. The number of amides is 7. The Morgan fingerprint density at radius 3 is 2.00 bits per heavy atom. The number of nitrogens with zero attached hydrogens (tertiary/aromatic N) is 1. The van der Waals surface area contributed by atoms with Crippen LogP contribution in [-0.2, 0) is 51.2 Å². The Balaban J connectivity index is 0.00000207. The summed E-state index contributed by atoms with van der Waals surface area (Å²) in [6.07, 6.45) is 2.76. The Kier molecular flexibility index (Phi) is 20.5. The second kappa shape index (κ2) is 22.8. The van der Waals surface area contributed by atoms with Gasteiger partial charge in [-0.1, -0.05) is 46.8 Å². The third-order valence-electron chi connectivity index (χ3n) is 5.95. The van der Waals surface area contributed by atoms with E-state index in [9.17, 15) is 42.3 Å². The number of carbonyl (C=O) groups is 7. The number of esters is 1. The quantitative estimate of drug-likeness (QED) is 0.0869. The first-order valence-corrected chi connectivity index (χ1v) is 16.1. The molecule has 1 aliphatic rings. The van der Waals surface area contributed by atoms with Crippen molar-refractivity contribution in [2.24, 2.45) is 11.7 Å². The van der Waals surface area contributed by atoms with E-state index in [1.54, 1.807) is 38.1 Å². The highest BCUT2D eigenvalue weighted by atomic mass is 32.2. The monoisotopic (exact) mass is 682 g/mol. The van der Waals surface area contributed by atoms with E-state index >= 15 is 0 Å². The van der Waals surface area contributed by atoms with Crippen LogP contribution in [-0.4, -0.2) is 86.1 Å². The maximum absolute atomic E-state index is 12.7. The largest absolute Gasteiger partial charge is 0.461 e. The number of carbonyl (C=O) groups excluding carboxylic acids is 7. The van der Waals surface area contributed by atoms with Gasteiger partial charge in [0.25, 0.3) is 11.8 Å². The molecule has 3 unspecified atom stereocenters. The van der Waals surface area contributed by atoms with Crippen LogP contribution in [0.25, 0.3) is 0 Å². The molecule has 0 saturated carbocycles. The first-order valence-electron chi connectivity index (χ1n) is 14.9. The highest BCUT2D eigenvalue weighted by Crippen LogP contribution is 2.12. The number of hydrogen-bond donors (Lipinski definition) is 6. The van der Waals surface area contributed by atoms with E-state index in [2.05, 4.69) is 21.3 Å². The standard InChI is InChI=1S/C24H30N4O9S.C4H10N2O.C2H6/c1-14(2)22(27-23(33)18(38(35)36)10-11-28-20(31)8-9-21(28)32)24(34)25-12-19(30)26-17-6-4-16(5-7-17)13-37-15(3)29;1-2-3-6-4(5)7;1-2/h4-9,14,18,22H,10-13H2,1-3H3,(H,25,34)(H,26,30)(H,27,33)(H,35,36);2-3H2,1H3,(H3,5,6,7);1-2H3. The third kappa shape index (κ3) is 17.0. The topological polar surface area (TPSA) is 243 Å². The van der Waals surface area contributed by atoms with Crippen LogP contribution in [0.2, 0.25) is 0 Å². The molecule has 1 heterocycles. The van der Waals surface area contributed by atoms with Gasteiger partial charge in [0.2, 0.25) is 17.7 Å². The molecule has 0 spiro atoms. The molecule has 2 rings (SSSR count). The molecule has 1 aromatic carbocycles. The number of urea groups is 1. The minimum absolute atomic E-state index is 0.0956. The van der Waals surface area contributed by atoms with E-state index < -0.39 is 76.4 Å². The number of nitrogens with two attached hydrogens (primary N) is 1. The van der Waals surface area contributed by atoms with Crippen molar-refractivity contribution in [3.63, 3.8) is 0 Å². The maximum atomic E-state index is 12.7. The number of primary amides is 1. The number of rotatable bonds is 15. The summed E-state index contributed by atoms with van der Waals surface area (Å²) in [5.41, 5.74) is 5.90. The highest BCUT2D eigenvalue weighted by molar-refractivity contribution is 7.80. The number of anilines is 1. The van der Waals surface area contributed by atoms with Crippen molar-refractivity contribution in [3.8, 4) is 0 Å². The Labute approximate surface area is 276 Å². The van der Waals surface area contributed by atoms with Crippen molar-refractivity contribution in [1.82, 2.24) is 20.9 Å².